The van der Waals surface area contributed by atoms with Crippen molar-refractivity contribution in [3.8, 4) is 0 Å². The Morgan fingerprint density at radius 3 is 2.58 bits per heavy atom. The first kappa shape index (κ1) is 8.31. The van der Waals surface area contributed by atoms with E-state index in [0.717, 1.165) is 12.0 Å². The summed E-state index contributed by atoms with van der Waals surface area (Å²) in [6.07, 6.45) is 13.0. The molecular weight excluding hydrogens is 146 g/mol. The van der Waals surface area contributed by atoms with Gasteiger partial charge in [-0.05, 0) is 51.0 Å². The molecule has 2 saturated carbocycles. The Morgan fingerprint density at radius 1 is 1.08 bits per heavy atom. The molecule has 0 aromatic rings. The Balaban J connectivity index is 1.41. The van der Waals surface area contributed by atoms with Crippen LogP contribution in [-0.2, 0) is 0 Å². The highest BCUT2D eigenvalue weighted by Crippen LogP contribution is 2.32. The number of rotatable bonds is 6. The minimum Gasteiger partial charge on any atom is -0.314 e. The van der Waals surface area contributed by atoms with Gasteiger partial charge >= 0.3 is 0 Å². The molecule has 0 radical (unpaired) electrons. The fourth-order valence-electron chi connectivity index (χ4n) is 1.42. The summed E-state index contributed by atoms with van der Waals surface area (Å²) in [5, 5.41) is 3.51. The molecule has 0 aromatic heterocycles. The summed E-state index contributed by atoms with van der Waals surface area (Å²) < 4.78 is 0. The molecule has 2 fully saturated rings. The van der Waals surface area contributed by atoms with E-state index < -0.39 is 0 Å². The summed E-state index contributed by atoms with van der Waals surface area (Å²) in [5.41, 5.74) is 0. The molecule has 0 atom stereocenters. The molecule has 2 aliphatic carbocycles. The Bertz CT molecular complexity index is 154. The Labute approximate surface area is 75.2 Å². The monoisotopic (exact) mass is 165 g/mol. The largest absolute Gasteiger partial charge is 0.314 e. The van der Waals surface area contributed by atoms with Crippen molar-refractivity contribution in [3.05, 3.63) is 12.2 Å². The number of hydrogen-bond donors (Lipinski definition) is 1. The van der Waals surface area contributed by atoms with Crippen LogP contribution in [0, 0.1) is 5.92 Å². The molecule has 2 aliphatic rings. The van der Waals surface area contributed by atoms with Crippen LogP contribution in [0.5, 0.6) is 0 Å². The molecule has 0 saturated heterocycles. The second-order valence-corrected chi connectivity index (χ2v) is 4.17. The Hall–Kier alpha value is -0.300. The predicted octanol–water partition coefficient (Wildman–Crippen LogP) is 2.48. The molecule has 0 amide bonds. The van der Waals surface area contributed by atoms with E-state index in [0.29, 0.717) is 0 Å². The standard InChI is InChI=1S/C11H19N/c1(2-4-10-5-6-10)3-9-12-11-7-8-11/h1-2,10-12H,3-9H2. The fourth-order valence-corrected chi connectivity index (χ4v) is 1.42. The minimum absolute atomic E-state index is 0.877. The van der Waals surface area contributed by atoms with E-state index in [1.54, 1.807) is 0 Å². The van der Waals surface area contributed by atoms with Crippen LogP contribution in [0.4, 0.5) is 0 Å². The van der Waals surface area contributed by atoms with E-state index >= 15 is 0 Å². The lowest BCUT2D eigenvalue weighted by molar-refractivity contribution is 0.689. The maximum absolute atomic E-state index is 3.51. The summed E-state index contributed by atoms with van der Waals surface area (Å²) >= 11 is 0. The first-order valence-electron chi connectivity index (χ1n) is 5.33. The number of hydrogen-bond acceptors (Lipinski definition) is 1. The number of nitrogens with one attached hydrogen (secondary N) is 1. The maximum Gasteiger partial charge on any atom is 0.00683 e. The molecule has 0 unspecified atom stereocenters. The zero-order valence-corrected chi connectivity index (χ0v) is 7.76. The quantitative estimate of drug-likeness (QED) is 0.471. The summed E-state index contributed by atoms with van der Waals surface area (Å²) in [4.78, 5) is 0. The van der Waals surface area contributed by atoms with Crippen molar-refractivity contribution in [2.45, 2.75) is 44.6 Å². The van der Waals surface area contributed by atoms with Crippen molar-refractivity contribution in [1.29, 1.82) is 0 Å². The second-order valence-electron chi connectivity index (χ2n) is 4.17. The lowest BCUT2D eigenvalue weighted by Crippen LogP contribution is -2.16. The van der Waals surface area contributed by atoms with Gasteiger partial charge in [-0.2, -0.15) is 0 Å². The average molecular weight is 165 g/mol. The summed E-state index contributed by atoms with van der Waals surface area (Å²) in [7, 11) is 0. The Morgan fingerprint density at radius 2 is 1.92 bits per heavy atom. The smallest absolute Gasteiger partial charge is 0.00683 e. The molecule has 2 rings (SSSR count). The van der Waals surface area contributed by atoms with Gasteiger partial charge in [0.25, 0.3) is 0 Å². The lowest BCUT2D eigenvalue weighted by Gasteiger charge is -1.96. The molecule has 1 heteroatoms. The third kappa shape index (κ3) is 3.40. The second kappa shape index (κ2) is 4.08. The van der Waals surface area contributed by atoms with Gasteiger partial charge in [-0.3, -0.25) is 0 Å². The molecular formula is C11H19N. The molecule has 0 aliphatic heterocycles. The van der Waals surface area contributed by atoms with E-state index in [4.69, 9.17) is 0 Å². The first-order valence-corrected chi connectivity index (χ1v) is 5.33. The van der Waals surface area contributed by atoms with Crippen molar-refractivity contribution in [2.24, 2.45) is 5.92 Å². The SMILES string of the molecule is C(=CCC1CC1)CCNC1CC1. The predicted molar refractivity (Wildman–Crippen MR) is 52.1 cm³/mol. The highest BCUT2D eigenvalue weighted by Gasteiger charge is 2.19. The molecule has 68 valence electrons. The summed E-state index contributed by atoms with van der Waals surface area (Å²) in [6.45, 7) is 1.19. The normalized spacial score (nSPS) is 23.7. The van der Waals surface area contributed by atoms with Crippen LogP contribution in [0.2, 0.25) is 0 Å². The van der Waals surface area contributed by atoms with Gasteiger partial charge in [-0.1, -0.05) is 12.2 Å². The first-order chi connectivity index (χ1) is 5.95. The third-order valence-corrected chi connectivity index (χ3v) is 2.65. The molecule has 0 aromatic carbocycles. The van der Waals surface area contributed by atoms with Gasteiger partial charge in [0.05, 0.1) is 0 Å². The molecule has 1 N–H and O–H groups in total. The third-order valence-electron chi connectivity index (χ3n) is 2.65. The van der Waals surface area contributed by atoms with E-state index in [-0.39, 0.29) is 0 Å². The van der Waals surface area contributed by atoms with Gasteiger partial charge in [0.1, 0.15) is 0 Å². The van der Waals surface area contributed by atoms with Crippen LogP contribution in [-0.4, -0.2) is 12.6 Å². The van der Waals surface area contributed by atoms with Crippen LogP contribution in [0.15, 0.2) is 12.2 Å². The molecule has 0 heterocycles. The van der Waals surface area contributed by atoms with Gasteiger partial charge < -0.3 is 5.32 Å². The maximum atomic E-state index is 3.51. The van der Waals surface area contributed by atoms with Crippen molar-refractivity contribution in [2.75, 3.05) is 6.54 Å². The van der Waals surface area contributed by atoms with Crippen LogP contribution in [0.25, 0.3) is 0 Å². The molecule has 1 nitrogen and oxygen atoms in total. The highest BCUT2D eigenvalue weighted by molar-refractivity contribution is 4.89. The molecule has 0 bridgehead atoms. The van der Waals surface area contributed by atoms with Crippen molar-refractivity contribution >= 4 is 0 Å². The molecule has 0 spiro atoms. The molecule has 12 heavy (non-hydrogen) atoms. The van der Waals surface area contributed by atoms with Crippen LogP contribution < -0.4 is 5.32 Å². The zero-order valence-electron chi connectivity index (χ0n) is 7.76. The van der Waals surface area contributed by atoms with E-state index in [1.807, 2.05) is 0 Å². The van der Waals surface area contributed by atoms with Crippen molar-refractivity contribution in [1.82, 2.24) is 5.32 Å². The highest BCUT2D eigenvalue weighted by atomic mass is 14.9. The van der Waals surface area contributed by atoms with Crippen LogP contribution in [0.3, 0.4) is 0 Å². The van der Waals surface area contributed by atoms with Gasteiger partial charge in [0.15, 0.2) is 0 Å². The van der Waals surface area contributed by atoms with Crippen LogP contribution in [0.1, 0.15) is 38.5 Å². The van der Waals surface area contributed by atoms with Crippen molar-refractivity contribution in [3.63, 3.8) is 0 Å². The average Bonchev–Trinajstić information content (AvgIpc) is 2.89. The minimum atomic E-state index is 0.877. The van der Waals surface area contributed by atoms with Gasteiger partial charge in [-0.25, -0.2) is 0 Å². The van der Waals surface area contributed by atoms with E-state index in [9.17, 15) is 0 Å². The van der Waals surface area contributed by atoms with Gasteiger partial charge in [0.2, 0.25) is 0 Å². The zero-order chi connectivity index (χ0) is 8.23. The number of allylic oxidation sites excluding steroid dienone is 1. The Kier molecular flexibility index (Phi) is 2.83. The van der Waals surface area contributed by atoms with E-state index in [1.165, 1.54) is 45.1 Å². The fraction of sp³-hybridized carbons (Fsp3) is 0.818. The summed E-state index contributed by atoms with van der Waals surface area (Å²) in [6, 6.07) is 0.877. The van der Waals surface area contributed by atoms with Crippen molar-refractivity contribution < 1.29 is 0 Å². The topological polar surface area (TPSA) is 12.0 Å². The van der Waals surface area contributed by atoms with Gasteiger partial charge in [-0.15, -0.1) is 0 Å². The lowest BCUT2D eigenvalue weighted by atomic mass is 10.2. The van der Waals surface area contributed by atoms with Gasteiger partial charge in [0, 0.05) is 6.04 Å². The summed E-state index contributed by atoms with van der Waals surface area (Å²) in [5.74, 6) is 1.05. The van der Waals surface area contributed by atoms with E-state index in [2.05, 4.69) is 17.5 Å². The van der Waals surface area contributed by atoms with Crippen LogP contribution >= 0.6 is 0 Å².